The van der Waals surface area contributed by atoms with Crippen LogP contribution in [0.4, 0.5) is 13.2 Å². The highest BCUT2D eigenvalue weighted by molar-refractivity contribution is 6.30. The molecular weight excluding hydrogens is 353 g/mol. The number of alkyl halides is 3. The summed E-state index contributed by atoms with van der Waals surface area (Å²) < 4.78 is 38.4. The van der Waals surface area contributed by atoms with E-state index < -0.39 is 12.1 Å². The van der Waals surface area contributed by atoms with E-state index in [1.807, 2.05) is 12.1 Å². The van der Waals surface area contributed by atoms with Gasteiger partial charge in [-0.25, -0.2) is 4.98 Å². The van der Waals surface area contributed by atoms with E-state index in [1.165, 1.54) is 6.07 Å². The third-order valence-electron chi connectivity index (χ3n) is 4.69. The lowest BCUT2D eigenvalue weighted by molar-refractivity contribution is -0.182. The molecule has 1 saturated carbocycles. The van der Waals surface area contributed by atoms with Crippen molar-refractivity contribution in [2.45, 2.75) is 44.2 Å². The van der Waals surface area contributed by atoms with Crippen LogP contribution < -0.4 is 5.56 Å². The molecular formula is C18H18ClF3N2O. The Morgan fingerprint density at radius 2 is 1.76 bits per heavy atom. The summed E-state index contributed by atoms with van der Waals surface area (Å²) in [6.45, 7) is 0. The average molecular weight is 371 g/mol. The van der Waals surface area contributed by atoms with Gasteiger partial charge in [0.1, 0.15) is 5.82 Å². The number of H-pyrrole nitrogens is 1. The highest BCUT2D eigenvalue weighted by atomic mass is 35.5. The van der Waals surface area contributed by atoms with Crippen molar-refractivity contribution < 1.29 is 13.2 Å². The maximum Gasteiger partial charge on any atom is 0.391 e. The summed E-state index contributed by atoms with van der Waals surface area (Å²) >= 11 is 5.86. The second kappa shape index (κ2) is 7.20. The molecule has 7 heteroatoms. The number of nitrogens with one attached hydrogen (secondary N) is 1. The van der Waals surface area contributed by atoms with E-state index in [0.717, 1.165) is 5.56 Å². The molecule has 0 aliphatic heterocycles. The van der Waals surface area contributed by atoms with Gasteiger partial charge in [0.15, 0.2) is 0 Å². The Morgan fingerprint density at radius 1 is 1.12 bits per heavy atom. The van der Waals surface area contributed by atoms with Gasteiger partial charge in [0.25, 0.3) is 5.56 Å². The predicted molar refractivity (Wildman–Crippen MR) is 89.9 cm³/mol. The van der Waals surface area contributed by atoms with Crippen molar-refractivity contribution in [2.24, 2.45) is 5.92 Å². The van der Waals surface area contributed by atoms with Crippen molar-refractivity contribution in [3.05, 3.63) is 62.8 Å². The molecule has 3 nitrogen and oxygen atoms in total. The number of hydrogen-bond donors (Lipinski definition) is 1. The van der Waals surface area contributed by atoms with E-state index in [0.29, 0.717) is 35.8 Å². The van der Waals surface area contributed by atoms with Crippen molar-refractivity contribution in [1.82, 2.24) is 9.97 Å². The fourth-order valence-electron chi connectivity index (χ4n) is 3.32. The van der Waals surface area contributed by atoms with E-state index >= 15 is 0 Å². The molecule has 1 aromatic heterocycles. The lowest BCUT2D eigenvalue weighted by atomic mass is 9.81. The summed E-state index contributed by atoms with van der Waals surface area (Å²) in [6.07, 6.45) is -2.72. The van der Waals surface area contributed by atoms with Gasteiger partial charge in [0.05, 0.1) is 11.6 Å². The van der Waals surface area contributed by atoms with Crippen molar-refractivity contribution in [1.29, 1.82) is 0 Å². The van der Waals surface area contributed by atoms with E-state index in [1.54, 1.807) is 12.1 Å². The van der Waals surface area contributed by atoms with E-state index in [9.17, 15) is 18.0 Å². The predicted octanol–water partition coefficient (Wildman–Crippen LogP) is 4.85. The first-order valence-corrected chi connectivity index (χ1v) is 8.60. The molecule has 1 aliphatic carbocycles. The third-order valence-corrected chi connectivity index (χ3v) is 4.94. The minimum absolute atomic E-state index is 0.0826. The lowest BCUT2D eigenvalue weighted by Crippen LogP contribution is -2.28. The zero-order valence-electron chi connectivity index (χ0n) is 13.4. The highest BCUT2D eigenvalue weighted by Gasteiger charge is 2.41. The number of aromatic amines is 1. The molecule has 0 radical (unpaired) electrons. The summed E-state index contributed by atoms with van der Waals surface area (Å²) in [5.74, 6) is -0.874. The average Bonchev–Trinajstić information content (AvgIpc) is 2.56. The van der Waals surface area contributed by atoms with Gasteiger partial charge in [-0.3, -0.25) is 4.79 Å². The fraction of sp³-hybridized carbons (Fsp3) is 0.444. The van der Waals surface area contributed by atoms with Crippen molar-refractivity contribution in [3.8, 4) is 0 Å². The quantitative estimate of drug-likeness (QED) is 0.839. The van der Waals surface area contributed by atoms with Crippen LogP contribution >= 0.6 is 11.6 Å². The number of aromatic nitrogens is 2. The smallest absolute Gasteiger partial charge is 0.310 e. The van der Waals surface area contributed by atoms with Crippen LogP contribution in [0.5, 0.6) is 0 Å². The SMILES string of the molecule is O=c1cc(Cc2ccc(Cl)cc2)nc(C2CCC(C(F)(F)F)CC2)[nH]1. The van der Waals surface area contributed by atoms with Crippen LogP contribution in [0, 0.1) is 5.92 Å². The highest BCUT2D eigenvalue weighted by Crippen LogP contribution is 2.41. The Bertz CT molecular complexity index is 778. The maximum atomic E-state index is 12.8. The molecule has 0 unspecified atom stereocenters. The van der Waals surface area contributed by atoms with Gasteiger partial charge in [-0.15, -0.1) is 0 Å². The number of halogens is 4. The summed E-state index contributed by atoms with van der Waals surface area (Å²) in [5, 5.41) is 0.629. The standard InChI is InChI=1S/C18H18ClF3N2O/c19-14-7-1-11(2-8-14)9-15-10-16(25)24-17(23-15)12-3-5-13(6-4-12)18(20,21)22/h1-2,7-8,10,12-13H,3-6,9H2,(H,23,24,25). The molecule has 1 aromatic carbocycles. The van der Waals surface area contributed by atoms with Gasteiger partial charge < -0.3 is 4.98 Å². The molecule has 0 spiro atoms. The van der Waals surface area contributed by atoms with Crippen LogP contribution in [0.3, 0.4) is 0 Å². The minimum Gasteiger partial charge on any atom is -0.310 e. The topological polar surface area (TPSA) is 45.8 Å². The normalized spacial score (nSPS) is 21.3. The van der Waals surface area contributed by atoms with E-state index in [-0.39, 0.29) is 24.3 Å². The Hall–Kier alpha value is -1.82. The van der Waals surface area contributed by atoms with Gasteiger partial charge in [-0.05, 0) is 43.4 Å². The van der Waals surface area contributed by atoms with Crippen molar-refractivity contribution in [3.63, 3.8) is 0 Å². The molecule has 2 aromatic rings. The molecule has 3 rings (SSSR count). The summed E-state index contributed by atoms with van der Waals surface area (Å²) in [7, 11) is 0. The van der Waals surface area contributed by atoms with Crippen molar-refractivity contribution in [2.75, 3.05) is 0 Å². The Balaban J connectivity index is 1.74. The van der Waals surface area contributed by atoms with Crippen LogP contribution in [-0.4, -0.2) is 16.1 Å². The lowest BCUT2D eigenvalue weighted by Gasteiger charge is -2.29. The summed E-state index contributed by atoms with van der Waals surface area (Å²) in [4.78, 5) is 19.1. The first kappa shape index (κ1) is 18.0. The van der Waals surface area contributed by atoms with Gasteiger partial charge in [-0.1, -0.05) is 23.7 Å². The molecule has 134 valence electrons. The molecule has 0 bridgehead atoms. The van der Waals surface area contributed by atoms with Crippen LogP contribution in [0.1, 0.15) is 48.7 Å². The number of rotatable bonds is 3. The van der Waals surface area contributed by atoms with Crippen LogP contribution in [-0.2, 0) is 6.42 Å². The third kappa shape index (κ3) is 4.63. The monoisotopic (exact) mass is 370 g/mol. The molecule has 0 atom stereocenters. The van der Waals surface area contributed by atoms with Gasteiger partial charge in [0.2, 0.25) is 0 Å². The molecule has 1 fully saturated rings. The zero-order valence-corrected chi connectivity index (χ0v) is 14.2. The van der Waals surface area contributed by atoms with Crippen molar-refractivity contribution >= 4 is 11.6 Å². The Labute approximate surface area is 148 Å². The molecule has 1 N–H and O–H groups in total. The second-order valence-corrected chi connectivity index (χ2v) is 6.95. The van der Waals surface area contributed by atoms with Gasteiger partial charge in [-0.2, -0.15) is 13.2 Å². The van der Waals surface area contributed by atoms with Crippen LogP contribution in [0.15, 0.2) is 35.1 Å². The van der Waals surface area contributed by atoms with E-state index in [4.69, 9.17) is 11.6 Å². The summed E-state index contributed by atoms with van der Waals surface area (Å²) in [6, 6.07) is 8.69. The second-order valence-electron chi connectivity index (χ2n) is 6.52. The first-order chi connectivity index (χ1) is 11.8. The number of nitrogens with zero attached hydrogens (tertiary/aromatic N) is 1. The fourth-order valence-corrected chi connectivity index (χ4v) is 3.44. The van der Waals surface area contributed by atoms with Crippen LogP contribution in [0.25, 0.3) is 0 Å². The first-order valence-electron chi connectivity index (χ1n) is 8.22. The Kier molecular flexibility index (Phi) is 5.18. The minimum atomic E-state index is -4.14. The van der Waals surface area contributed by atoms with E-state index in [2.05, 4.69) is 9.97 Å². The van der Waals surface area contributed by atoms with Crippen LogP contribution in [0.2, 0.25) is 5.02 Å². The molecule has 25 heavy (non-hydrogen) atoms. The molecule has 1 heterocycles. The zero-order chi connectivity index (χ0) is 18.0. The molecule has 0 saturated heterocycles. The molecule has 1 aliphatic rings. The largest absolute Gasteiger partial charge is 0.391 e. The van der Waals surface area contributed by atoms with Gasteiger partial charge in [0, 0.05) is 23.4 Å². The number of benzene rings is 1. The molecule has 0 amide bonds. The Morgan fingerprint density at radius 3 is 2.36 bits per heavy atom. The van der Waals surface area contributed by atoms with Gasteiger partial charge >= 0.3 is 6.18 Å². The maximum absolute atomic E-state index is 12.8. The summed E-state index contributed by atoms with van der Waals surface area (Å²) in [5.41, 5.74) is 1.31. The number of hydrogen-bond acceptors (Lipinski definition) is 2.